The van der Waals surface area contributed by atoms with Gasteiger partial charge in [-0.2, -0.15) is 0 Å². The quantitative estimate of drug-likeness (QED) is 0.732. The summed E-state index contributed by atoms with van der Waals surface area (Å²) in [6.45, 7) is 7.72. The van der Waals surface area contributed by atoms with Crippen LogP contribution in [0.4, 0.5) is 0 Å². The molecule has 1 unspecified atom stereocenters. The predicted octanol–water partition coefficient (Wildman–Crippen LogP) is 0.311. The molecule has 1 amide bonds. The van der Waals surface area contributed by atoms with Gasteiger partial charge in [0.15, 0.2) is 0 Å². The highest BCUT2D eigenvalue weighted by Crippen LogP contribution is 2.10. The molecule has 4 nitrogen and oxygen atoms in total. The van der Waals surface area contributed by atoms with Crippen molar-refractivity contribution < 1.29 is 9.90 Å². The molecule has 1 heterocycles. The summed E-state index contributed by atoms with van der Waals surface area (Å²) in [5, 5.41) is 9.47. The van der Waals surface area contributed by atoms with Crippen molar-refractivity contribution in [2.24, 2.45) is 0 Å². The lowest BCUT2D eigenvalue weighted by molar-refractivity contribution is -0.135. The Morgan fingerprint density at radius 3 is 2.67 bits per heavy atom. The van der Waals surface area contributed by atoms with Gasteiger partial charge in [0.05, 0.1) is 12.6 Å². The van der Waals surface area contributed by atoms with E-state index < -0.39 is 0 Å². The Morgan fingerprint density at radius 1 is 1.47 bits per heavy atom. The third-order valence-corrected chi connectivity index (χ3v) is 3.00. The maximum Gasteiger partial charge on any atom is 0.236 e. The van der Waals surface area contributed by atoms with E-state index in [4.69, 9.17) is 0 Å². The van der Waals surface area contributed by atoms with Gasteiger partial charge in [0.1, 0.15) is 0 Å². The van der Waals surface area contributed by atoms with Crippen LogP contribution < -0.4 is 0 Å². The summed E-state index contributed by atoms with van der Waals surface area (Å²) in [5.74, 6) is 0.150. The average molecular weight is 214 g/mol. The Bertz CT molecular complexity index is 205. The second-order valence-electron chi connectivity index (χ2n) is 4.10. The number of likely N-dealkylation sites (N-methyl/N-ethyl adjacent to an activating group) is 1. The number of aliphatic hydroxyl groups excluding tert-OH is 1. The number of carbonyl (C=O) groups is 1. The third kappa shape index (κ3) is 3.80. The first-order valence-corrected chi connectivity index (χ1v) is 5.85. The van der Waals surface area contributed by atoms with Gasteiger partial charge in [0.2, 0.25) is 5.91 Å². The van der Waals surface area contributed by atoms with Crippen molar-refractivity contribution >= 4 is 5.91 Å². The molecule has 15 heavy (non-hydrogen) atoms. The van der Waals surface area contributed by atoms with E-state index in [1.54, 1.807) is 4.90 Å². The van der Waals surface area contributed by atoms with Crippen molar-refractivity contribution in [3.8, 4) is 0 Å². The summed E-state index contributed by atoms with van der Waals surface area (Å²) in [6.07, 6.45) is 1.43. The van der Waals surface area contributed by atoms with Gasteiger partial charge in [-0.05, 0) is 25.9 Å². The first-order valence-electron chi connectivity index (χ1n) is 5.85. The Morgan fingerprint density at radius 2 is 2.13 bits per heavy atom. The summed E-state index contributed by atoms with van der Waals surface area (Å²) >= 11 is 0. The van der Waals surface area contributed by atoms with Gasteiger partial charge < -0.3 is 10.0 Å². The van der Waals surface area contributed by atoms with Crippen molar-refractivity contribution in [2.45, 2.75) is 32.8 Å². The monoisotopic (exact) mass is 214 g/mol. The van der Waals surface area contributed by atoms with Crippen LogP contribution in [-0.4, -0.2) is 59.6 Å². The fourth-order valence-electron chi connectivity index (χ4n) is 1.92. The lowest BCUT2D eigenvalue weighted by Gasteiger charge is -2.31. The summed E-state index contributed by atoms with van der Waals surface area (Å²) in [7, 11) is 0. The van der Waals surface area contributed by atoms with Gasteiger partial charge >= 0.3 is 0 Å². The highest BCUT2D eigenvalue weighted by atomic mass is 16.3. The molecule has 4 heteroatoms. The van der Waals surface area contributed by atoms with E-state index in [1.165, 1.54) is 0 Å². The molecule has 0 bridgehead atoms. The number of aliphatic hydroxyl groups is 1. The molecular formula is C11H22N2O2. The number of nitrogens with zero attached hydrogens (tertiary/aromatic N) is 2. The molecule has 0 aromatic heterocycles. The number of piperidine rings is 1. The van der Waals surface area contributed by atoms with E-state index in [1.807, 2.05) is 0 Å². The van der Waals surface area contributed by atoms with Crippen molar-refractivity contribution in [2.75, 3.05) is 32.7 Å². The molecule has 0 spiro atoms. The largest absolute Gasteiger partial charge is 0.391 e. The average Bonchev–Trinajstić information content (AvgIpc) is 2.25. The Kier molecular flexibility index (Phi) is 5.05. The molecule has 88 valence electrons. The van der Waals surface area contributed by atoms with Crippen LogP contribution in [0.3, 0.4) is 0 Å². The SMILES string of the molecule is CCN(CC)CC(=O)N1CCCC(O)C1. The van der Waals surface area contributed by atoms with Crippen LogP contribution in [0, 0.1) is 0 Å². The molecular weight excluding hydrogens is 192 g/mol. The zero-order chi connectivity index (χ0) is 11.3. The second kappa shape index (κ2) is 6.08. The smallest absolute Gasteiger partial charge is 0.236 e. The standard InChI is InChI=1S/C11H22N2O2/c1-3-12(4-2)9-11(15)13-7-5-6-10(14)8-13/h10,14H,3-9H2,1-2H3. The van der Waals surface area contributed by atoms with Crippen LogP contribution in [-0.2, 0) is 4.79 Å². The fourth-order valence-corrected chi connectivity index (χ4v) is 1.92. The summed E-state index contributed by atoms with van der Waals surface area (Å²) in [4.78, 5) is 15.7. The molecule has 1 saturated heterocycles. The Hall–Kier alpha value is -0.610. The van der Waals surface area contributed by atoms with Crippen LogP contribution in [0.5, 0.6) is 0 Å². The highest BCUT2D eigenvalue weighted by molar-refractivity contribution is 5.78. The molecule has 1 N–H and O–H groups in total. The maximum atomic E-state index is 11.8. The zero-order valence-electron chi connectivity index (χ0n) is 9.78. The van der Waals surface area contributed by atoms with E-state index >= 15 is 0 Å². The number of rotatable bonds is 4. The number of amides is 1. The summed E-state index contributed by atoms with van der Waals surface area (Å²) < 4.78 is 0. The molecule has 1 aliphatic heterocycles. The number of β-amino-alcohol motifs (C(OH)–C–C–N with tert-alkyl or cyclic N) is 1. The summed E-state index contributed by atoms with van der Waals surface area (Å²) in [5.41, 5.74) is 0. The van der Waals surface area contributed by atoms with Crippen LogP contribution in [0.1, 0.15) is 26.7 Å². The molecule has 0 radical (unpaired) electrons. The molecule has 0 aliphatic carbocycles. The minimum absolute atomic E-state index is 0.150. The number of carbonyl (C=O) groups excluding carboxylic acids is 1. The molecule has 1 atom stereocenters. The van der Waals surface area contributed by atoms with Crippen LogP contribution in [0.2, 0.25) is 0 Å². The number of hydrogen-bond donors (Lipinski definition) is 1. The van der Waals surface area contributed by atoms with Gasteiger partial charge in [0, 0.05) is 13.1 Å². The van der Waals surface area contributed by atoms with E-state index in [9.17, 15) is 9.90 Å². The fraction of sp³-hybridized carbons (Fsp3) is 0.909. The lowest BCUT2D eigenvalue weighted by atomic mass is 10.1. The van der Waals surface area contributed by atoms with E-state index in [-0.39, 0.29) is 12.0 Å². The van der Waals surface area contributed by atoms with Crippen LogP contribution in [0.25, 0.3) is 0 Å². The number of likely N-dealkylation sites (tertiary alicyclic amines) is 1. The highest BCUT2D eigenvalue weighted by Gasteiger charge is 2.22. The third-order valence-electron chi connectivity index (χ3n) is 3.00. The molecule has 1 rings (SSSR count). The van der Waals surface area contributed by atoms with Gasteiger partial charge in [-0.25, -0.2) is 0 Å². The maximum absolute atomic E-state index is 11.8. The van der Waals surface area contributed by atoms with Gasteiger partial charge in [-0.15, -0.1) is 0 Å². The normalized spacial score (nSPS) is 22.1. The van der Waals surface area contributed by atoms with Crippen molar-refractivity contribution in [3.63, 3.8) is 0 Å². The van der Waals surface area contributed by atoms with Crippen molar-refractivity contribution in [1.29, 1.82) is 0 Å². The van der Waals surface area contributed by atoms with Crippen molar-refractivity contribution in [3.05, 3.63) is 0 Å². The van der Waals surface area contributed by atoms with Gasteiger partial charge in [0.25, 0.3) is 0 Å². The minimum Gasteiger partial charge on any atom is -0.391 e. The summed E-state index contributed by atoms with van der Waals surface area (Å²) in [6, 6.07) is 0. The van der Waals surface area contributed by atoms with E-state index in [2.05, 4.69) is 18.7 Å². The Balaban J connectivity index is 2.38. The molecule has 0 aromatic carbocycles. The number of hydrogen-bond acceptors (Lipinski definition) is 3. The molecule has 1 aliphatic rings. The molecule has 1 fully saturated rings. The van der Waals surface area contributed by atoms with E-state index in [0.29, 0.717) is 13.1 Å². The Labute approximate surface area is 91.9 Å². The van der Waals surface area contributed by atoms with Gasteiger partial charge in [-0.3, -0.25) is 9.69 Å². The second-order valence-corrected chi connectivity index (χ2v) is 4.10. The first-order chi connectivity index (χ1) is 7.17. The first kappa shape index (κ1) is 12.5. The van der Waals surface area contributed by atoms with E-state index in [0.717, 1.165) is 32.5 Å². The van der Waals surface area contributed by atoms with Crippen molar-refractivity contribution in [1.82, 2.24) is 9.80 Å². The molecule has 0 saturated carbocycles. The molecule has 0 aromatic rings. The lowest BCUT2D eigenvalue weighted by Crippen LogP contribution is -2.46. The zero-order valence-corrected chi connectivity index (χ0v) is 9.78. The van der Waals surface area contributed by atoms with Crippen LogP contribution in [0.15, 0.2) is 0 Å². The van der Waals surface area contributed by atoms with Crippen LogP contribution >= 0.6 is 0 Å². The van der Waals surface area contributed by atoms with Gasteiger partial charge in [-0.1, -0.05) is 13.8 Å². The minimum atomic E-state index is -0.320. The predicted molar refractivity (Wildman–Crippen MR) is 59.6 cm³/mol. The topological polar surface area (TPSA) is 43.8 Å².